The maximum atomic E-state index is 15.1. The third-order valence-corrected chi connectivity index (χ3v) is 4.95. The predicted molar refractivity (Wildman–Crippen MR) is 108 cm³/mol. The molecule has 3 aromatic rings. The van der Waals surface area contributed by atoms with Gasteiger partial charge in [-0.2, -0.15) is 8.78 Å². The van der Waals surface area contributed by atoms with Crippen LogP contribution in [0.2, 0.25) is 0 Å². The van der Waals surface area contributed by atoms with Gasteiger partial charge in [0, 0.05) is 11.6 Å². The van der Waals surface area contributed by atoms with Gasteiger partial charge in [0.15, 0.2) is 11.6 Å². The third-order valence-electron chi connectivity index (χ3n) is 4.95. The number of aryl methyl sites for hydroxylation is 2. The molecule has 1 N–H and O–H groups in total. The zero-order chi connectivity index (χ0) is 22.5. The topological polar surface area (TPSA) is 29.5 Å². The maximum absolute atomic E-state index is 15.1. The summed E-state index contributed by atoms with van der Waals surface area (Å²) in [4.78, 5) is 0. The summed E-state index contributed by atoms with van der Waals surface area (Å²) >= 11 is 0. The van der Waals surface area contributed by atoms with E-state index in [1.807, 2.05) is 19.1 Å². The van der Waals surface area contributed by atoms with Gasteiger partial charge in [0.25, 0.3) is 0 Å². The van der Waals surface area contributed by atoms with Crippen LogP contribution in [0.3, 0.4) is 0 Å². The first-order valence-corrected chi connectivity index (χ1v) is 9.82. The summed E-state index contributed by atoms with van der Waals surface area (Å²) < 4.78 is 71.9. The van der Waals surface area contributed by atoms with E-state index in [0.29, 0.717) is 11.1 Å². The molecule has 0 aliphatic rings. The SMILES string of the molecule is CCCc1ccc(-c2c(O)cc(F)c(CCc3ccc(OC(F)F)c(F)c3)c2F)cc1. The van der Waals surface area contributed by atoms with E-state index in [2.05, 4.69) is 4.74 Å². The quantitative estimate of drug-likeness (QED) is 0.393. The monoisotopic (exact) mass is 436 g/mol. The fraction of sp³-hybridized carbons (Fsp3) is 0.250. The van der Waals surface area contributed by atoms with Gasteiger partial charge in [0.1, 0.15) is 17.4 Å². The van der Waals surface area contributed by atoms with Crippen LogP contribution in [-0.2, 0) is 19.3 Å². The van der Waals surface area contributed by atoms with Crippen LogP contribution < -0.4 is 4.74 Å². The summed E-state index contributed by atoms with van der Waals surface area (Å²) in [5.41, 5.74) is 1.48. The average Bonchev–Trinajstić information content (AvgIpc) is 2.70. The van der Waals surface area contributed by atoms with Crippen molar-refractivity contribution < 1.29 is 31.8 Å². The first kappa shape index (κ1) is 22.6. The molecule has 0 fully saturated rings. The minimum Gasteiger partial charge on any atom is -0.507 e. The molecule has 164 valence electrons. The molecular formula is C24H21F5O2. The lowest BCUT2D eigenvalue weighted by molar-refractivity contribution is -0.0522. The zero-order valence-electron chi connectivity index (χ0n) is 16.8. The maximum Gasteiger partial charge on any atom is 0.387 e. The molecule has 0 spiro atoms. The van der Waals surface area contributed by atoms with E-state index in [0.717, 1.165) is 36.6 Å². The minimum absolute atomic E-state index is 0.0549. The molecule has 31 heavy (non-hydrogen) atoms. The molecule has 0 atom stereocenters. The molecule has 0 bridgehead atoms. The van der Waals surface area contributed by atoms with Crippen molar-refractivity contribution in [1.82, 2.24) is 0 Å². The number of hydrogen-bond acceptors (Lipinski definition) is 2. The minimum atomic E-state index is -3.16. The van der Waals surface area contributed by atoms with Crippen LogP contribution in [0.4, 0.5) is 22.0 Å². The van der Waals surface area contributed by atoms with E-state index in [1.165, 1.54) is 6.07 Å². The van der Waals surface area contributed by atoms with Gasteiger partial charge in [0.05, 0.1) is 5.56 Å². The number of rotatable bonds is 8. The van der Waals surface area contributed by atoms with Crippen LogP contribution in [-0.4, -0.2) is 11.7 Å². The molecule has 2 nitrogen and oxygen atoms in total. The molecule has 0 unspecified atom stereocenters. The fourth-order valence-electron chi connectivity index (χ4n) is 3.44. The first-order chi connectivity index (χ1) is 14.8. The summed E-state index contributed by atoms with van der Waals surface area (Å²) in [6, 6.07) is 11.2. The van der Waals surface area contributed by atoms with Gasteiger partial charge in [-0.25, -0.2) is 13.2 Å². The van der Waals surface area contributed by atoms with Crippen LogP contribution >= 0.6 is 0 Å². The second-order valence-electron chi connectivity index (χ2n) is 7.14. The average molecular weight is 436 g/mol. The summed E-state index contributed by atoms with van der Waals surface area (Å²) in [6.07, 6.45) is 1.75. The summed E-state index contributed by atoms with van der Waals surface area (Å²) in [5, 5.41) is 10.1. The van der Waals surface area contributed by atoms with Gasteiger partial charge in [-0.05, 0) is 48.1 Å². The Morgan fingerprint density at radius 3 is 2.13 bits per heavy atom. The zero-order valence-corrected chi connectivity index (χ0v) is 16.8. The Morgan fingerprint density at radius 2 is 1.52 bits per heavy atom. The summed E-state index contributed by atoms with van der Waals surface area (Å²) in [6.45, 7) is -1.12. The van der Waals surface area contributed by atoms with E-state index >= 15 is 4.39 Å². The number of benzene rings is 3. The number of alkyl halides is 2. The smallest absolute Gasteiger partial charge is 0.387 e. The number of aromatic hydroxyl groups is 1. The third kappa shape index (κ3) is 5.34. The highest BCUT2D eigenvalue weighted by Crippen LogP contribution is 2.36. The first-order valence-electron chi connectivity index (χ1n) is 9.82. The normalized spacial score (nSPS) is 11.2. The van der Waals surface area contributed by atoms with Crippen LogP contribution in [0.1, 0.15) is 30.0 Å². The van der Waals surface area contributed by atoms with Crippen LogP contribution in [0.5, 0.6) is 11.5 Å². The lowest BCUT2D eigenvalue weighted by Crippen LogP contribution is -2.05. The standard InChI is InChI=1S/C24H21F5O2/c1-2-3-14-4-8-16(9-5-14)22-20(30)13-18(25)17(23(22)27)10-6-15-7-11-21(19(26)12-15)31-24(28)29/h4-5,7-9,11-13,24,30H,2-3,6,10H2,1H3. The molecule has 0 saturated heterocycles. The highest BCUT2D eigenvalue weighted by Gasteiger charge is 2.20. The van der Waals surface area contributed by atoms with Crippen molar-refractivity contribution in [2.24, 2.45) is 0 Å². The molecule has 0 saturated carbocycles. The fourth-order valence-corrected chi connectivity index (χ4v) is 3.44. The van der Waals surface area contributed by atoms with E-state index in [9.17, 15) is 22.7 Å². The van der Waals surface area contributed by atoms with Crippen molar-refractivity contribution in [1.29, 1.82) is 0 Å². The highest BCUT2D eigenvalue weighted by molar-refractivity contribution is 5.72. The molecule has 0 aliphatic heterocycles. The lowest BCUT2D eigenvalue weighted by Gasteiger charge is -2.13. The van der Waals surface area contributed by atoms with E-state index in [-0.39, 0.29) is 24.0 Å². The van der Waals surface area contributed by atoms with Crippen LogP contribution in [0.25, 0.3) is 11.1 Å². The highest BCUT2D eigenvalue weighted by atomic mass is 19.3. The molecule has 0 aliphatic carbocycles. The van der Waals surface area contributed by atoms with E-state index < -0.39 is 35.6 Å². The molecule has 0 heterocycles. The Hall–Kier alpha value is -3.09. The Labute approximate surface area is 176 Å². The number of hydrogen-bond donors (Lipinski definition) is 1. The molecule has 3 aromatic carbocycles. The predicted octanol–water partition coefficient (Wildman–Crippen LogP) is 6.82. The molecule has 0 radical (unpaired) electrons. The lowest BCUT2D eigenvalue weighted by atomic mass is 9.95. The molecular weight excluding hydrogens is 415 g/mol. The Bertz CT molecular complexity index is 1050. The van der Waals surface area contributed by atoms with Crippen molar-refractivity contribution in [3.63, 3.8) is 0 Å². The number of phenolic OH excluding ortho intramolecular Hbond substituents is 1. The van der Waals surface area contributed by atoms with Crippen LogP contribution in [0, 0.1) is 17.5 Å². The van der Waals surface area contributed by atoms with Crippen molar-refractivity contribution in [3.8, 4) is 22.6 Å². The molecule has 7 heteroatoms. The van der Waals surface area contributed by atoms with Gasteiger partial charge in [0.2, 0.25) is 0 Å². The second kappa shape index (κ2) is 9.81. The molecule has 0 aromatic heterocycles. The van der Waals surface area contributed by atoms with Gasteiger partial charge in [-0.1, -0.05) is 43.7 Å². The molecule has 3 rings (SSSR count). The van der Waals surface area contributed by atoms with E-state index in [4.69, 9.17) is 0 Å². The summed E-state index contributed by atoms with van der Waals surface area (Å²) in [7, 11) is 0. The van der Waals surface area contributed by atoms with Crippen molar-refractivity contribution >= 4 is 0 Å². The van der Waals surface area contributed by atoms with Crippen molar-refractivity contribution in [3.05, 3.63) is 82.7 Å². The Morgan fingerprint density at radius 1 is 0.839 bits per heavy atom. The number of ether oxygens (including phenoxy) is 1. The second-order valence-corrected chi connectivity index (χ2v) is 7.14. The van der Waals surface area contributed by atoms with Gasteiger partial charge in [-0.15, -0.1) is 0 Å². The van der Waals surface area contributed by atoms with Gasteiger partial charge < -0.3 is 9.84 Å². The molecule has 0 amide bonds. The number of halogens is 5. The Kier molecular flexibility index (Phi) is 7.15. The van der Waals surface area contributed by atoms with Gasteiger partial charge in [-0.3, -0.25) is 0 Å². The van der Waals surface area contributed by atoms with Gasteiger partial charge >= 0.3 is 6.61 Å². The van der Waals surface area contributed by atoms with Crippen molar-refractivity contribution in [2.75, 3.05) is 0 Å². The van der Waals surface area contributed by atoms with E-state index in [1.54, 1.807) is 12.1 Å². The largest absolute Gasteiger partial charge is 0.507 e. The Balaban J connectivity index is 1.85. The number of phenols is 1. The van der Waals surface area contributed by atoms with Crippen LogP contribution in [0.15, 0.2) is 48.5 Å². The van der Waals surface area contributed by atoms with Crippen molar-refractivity contribution in [2.45, 2.75) is 39.2 Å². The summed E-state index contributed by atoms with van der Waals surface area (Å²) in [5.74, 6) is -3.91.